The number of hydrogen-bond donors (Lipinski definition) is 0. The number of benzene rings is 2. The summed E-state index contributed by atoms with van der Waals surface area (Å²) in [6, 6.07) is 6.97. The summed E-state index contributed by atoms with van der Waals surface area (Å²) in [6.07, 6.45) is -9.29. The average molecular weight is 492 g/mol. The minimum absolute atomic E-state index is 0.00157. The normalized spacial score (nSPS) is 16.9. The van der Waals surface area contributed by atoms with Gasteiger partial charge in [0.2, 0.25) is 0 Å². The Balaban J connectivity index is 1.63. The van der Waals surface area contributed by atoms with E-state index in [1.54, 1.807) is 0 Å². The molecule has 0 N–H and O–H groups in total. The lowest BCUT2D eigenvalue weighted by Gasteiger charge is -2.30. The standard InChI is InChI=1S/C19H14F6N4O3S/c20-18(21,22)12-4-6-14(7-5-12)29-17(30)28-9-8-27(11-16(28)26-29)33(31,32)15-3-1-2-13(10-15)19(23,24)25/h1-7,10H,8-9,11H2. The van der Waals surface area contributed by atoms with Crippen LogP contribution in [0.5, 0.6) is 0 Å². The zero-order valence-corrected chi connectivity index (χ0v) is 17.2. The van der Waals surface area contributed by atoms with E-state index in [0.717, 1.165) is 56.0 Å². The van der Waals surface area contributed by atoms with Crippen LogP contribution in [0.3, 0.4) is 0 Å². The number of fused-ring (bicyclic) bond motifs is 1. The second-order valence-corrected chi connectivity index (χ2v) is 9.11. The molecular weight excluding hydrogens is 478 g/mol. The van der Waals surface area contributed by atoms with Crippen LogP contribution in [-0.4, -0.2) is 29.8 Å². The maximum absolute atomic E-state index is 13.0. The Morgan fingerprint density at radius 2 is 1.55 bits per heavy atom. The Hall–Kier alpha value is -2.97. The lowest BCUT2D eigenvalue weighted by atomic mass is 10.2. The van der Waals surface area contributed by atoms with Gasteiger partial charge in [-0.05, 0) is 36.4 Å². The molecule has 2 heterocycles. The SMILES string of the molecule is O=c1n(-c2ccc(C(F)(F)F)cc2)nc2n1CCN([S+](=O)([O-])c1cccc(C(F)(F)F)c1)C2. The molecule has 1 unspecified atom stereocenters. The van der Waals surface area contributed by atoms with Gasteiger partial charge in [-0.2, -0.15) is 31.0 Å². The second kappa shape index (κ2) is 7.81. The molecular formula is C19H14F6N4O3S. The van der Waals surface area contributed by atoms with Gasteiger partial charge in [0.15, 0.2) is 21.1 Å². The van der Waals surface area contributed by atoms with E-state index in [1.807, 2.05) is 0 Å². The molecule has 0 aliphatic carbocycles. The molecule has 14 heteroatoms. The average Bonchev–Trinajstić information content (AvgIpc) is 3.08. The van der Waals surface area contributed by atoms with Crippen LogP contribution in [0.4, 0.5) is 26.3 Å². The molecule has 0 fully saturated rings. The van der Waals surface area contributed by atoms with Crippen LogP contribution in [0, 0.1) is 0 Å². The molecule has 1 aliphatic rings. The van der Waals surface area contributed by atoms with Crippen molar-refractivity contribution in [3.8, 4) is 5.69 Å². The molecule has 1 aromatic heterocycles. The van der Waals surface area contributed by atoms with Gasteiger partial charge in [-0.25, -0.2) is 4.79 Å². The summed E-state index contributed by atoms with van der Waals surface area (Å²) in [5.74, 6) is 0.00157. The van der Waals surface area contributed by atoms with Gasteiger partial charge >= 0.3 is 18.0 Å². The van der Waals surface area contributed by atoms with E-state index >= 15 is 0 Å². The van der Waals surface area contributed by atoms with E-state index in [2.05, 4.69) is 5.10 Å². The molecule has 0 radical (unpaired) electrons. The smallest absolute Gasteiger partial charge is 0.416 e. The van der Waals surface area contributed by atoms with E-state index in [0.29, 0.717) is 6.07 Å². The molecule has 1 aliphatic heterocycles. The highest BCUT2D eigenvalue weighted by atomic mass is 32.3. The van der Waals surface area contributed by atoms with Gasteiger partial charge in [0.1, 0.15) is 6.54 Å². The van der Waals surface area contributed by atoms with Crippen molar-refractivity contribution in [1.29, 1.82) is 0 Å². The Morgan fingerprint density at radius 1 is 0.909 bits per heavy atom. The molecule has 7 nitrogen and oxygen atoms in total. The van der Waals surface area contributed by atoms with Gasteiger partial charge < -0.3 is 4.55 Å². The van der Waals surface area contributed by atoms with Crippen LogP contribution in [0.25, 0.3) is 5.69 Å². The van der Waals surface area contributed by atoms with Crippen molar-refractivity contribution < 1.29 is 35.1 Å². The van der Waals surface area contributed by atoms with E-state index in [4.69, 9.17) is 0 Å². The first kappa shape index (κ1) is 23.2. The summed E-state index contributed by atoms with van der Waals surface area (Å²) < 4.78 is 106. The molecule has 4 rings (SSSR count). The molecule has 0 saturated carbocycles. The maximum Gasteiger partial charge on any atom is 0.416 e. The van der Waals surface area contributed by atoms with Gasteiger partial charge in [-0.1, -0.05) is 10.3 Å². The molecule has 1 atom stereocenters. The highest BCUT2D eigenvalue weighted by Gasteiger charge is 2.38. The number of hydrogen-bond acceptors (Lipinski definition) is 4. The van der Waals surface area contributed by atoms with Gasteiger partial charge in [-0.15, -0.1) is 9.40 Å². The minimum atomic E-state index is -4.73. The number of nitrogens with zero attached hydrogens (tertiary/aromatic N) is 4. The van der Waals surface area contributed by atoms with Crippen LogP contribution in [-0.2, 0) is 40.1 Å². The first-order valence-electron chi connectivity index (χ1n) is 9.32. The Bertz CT molecular complexity index is 1300. The van der Waals surface area contributed by atoms with E-state index < -0.39 is 51.0 Å². The van der Waals surface area contributed by atoms with Gasteiger partial charge in [0, 0.05) is 12.6 Å². The summed E-state index contributed by atoms with van der Waals surface area (Å²) in [6.45, 7) is -0.737. The fourth-order valence-corrected chi connectivity index (χ4v) is 4.81. The predicted molar refractivity (Wildman–Crippen MR) is 102 cm³/mol. The quantitative estimate of drug-likeness (QED) is 0.414. The summed E-state index contributed by atoms with van der Waals surface area (Å²) in [4.78, 5) is 12.1. The Kier molecular flexibility index (Phi) is 5.49. The third-order valence-electron chi connectivity index (χ3n) is 5.07. The largest absolute Gasteiger partial charge is 0.593 e. The topological polar surface area (TPSA) is 83.2 Å². The number of halogens is 6. The molecule has 33 heavy (non-hydrogen) atoms. The highest BCUT2D eigenvalue weighted by Crippen LogP contribution is 2.33. The van der Waals surface area contributed by atoms with Crippen molar-refractivity contribution in [2.75, 3.05) is 6.54 Å². The Morgan fingerprint density at radius 3 is 2.15 bits per heavy atom. The Labute approximate surface area is 183 Å². The number of rotatable bonds is 3. The molecule has 176 valence electrons. The minimum Gasteiger partial charge on any atom is -0.593 e. The third-order valence-corrected chi connectivity index (χ3v) is 6.91. The van der Waals surface area contributed by atoms with Crippen LogP contribution in [0.1, 0.15) is 17.0 Å². The summed E-state index contributed by atoms with van der Waals surface area (Å²) in [5, 5.41) is 4.03. The molecule has 2 aromatic carbocycles. The van der Waals surface area contributed by atoms with Gasteiger partial charge in [0.05, 0.1) is 23.4 Å². The van der Waals surface area contributed by atoms with Crippen LogP contribution < -0.4 is 5.69 Å². The van der Waals surface area contributed by atoms with Crippen LogP contribution >= 0.6 is 0 Å². The van der Waals surface area contributed by atoms with E-state index in [-0.39, 0.29) is 24.6 Å². The zero-order chi connectivity index (χ0) is 24.2. The molecule has 0 spiro atoms. The van der Waals surface area contributed by atoms with Crippen LogP contribution in [0.15, 0.2) is 58.2 Å². The molecule has 0 bridgehead atoms. The van der Waals surface area contributed by atoms with Crippen molar-refractivity contribution >= 4 is 10.4 Å². The molecule has 0 saturated heterocycles. The van der Waals surface area contributed by atoms with E-state index in [1.165, 1.54) is 0 Å². The molecule has 3 aromatic rings. The van der Waals surface area contributed by atoms with Gasteiger partial charge in [-0.3, -0.25) is 4.57 Å². The van der Waals surface area contributed by atoms with Crippen molar-refractivity contribution in [2.45, 2.75) is 30.3 Å². The monoisotopic (exact) mass is 492 g/mol. The zero-order valence-electron chi connectivity index (χ0n) is 16.4. The first-order valence-corrected chi connectivity index (χ1v) is 10.8. The predicted octanol–water partition coefficient (Wildman–Crippen LogP) is 3.49. The third kappa shape index (κ3) is 4.32. The van der Waals surface area contributed by atoms with Crippen molar-refractivity contribution in [3.05, 3.63) is 76.0 Å². The second-order valence-electron chi connectivity index (χ2n) is 7.17. The summed E-state index contributed by atoms with van der Waals surface area (Å²) >= 11 is 0. The van der Waals surface area contributed by atoms with Crippen molar-refractivity contribution in [3.63, 3.8) is 0 Å². The fraction of sp³-hybridized carbons (Fsp3) is 0.263. The number of sulfonamides is 1. The molecule has 0 amide bonds. The lowest BCUT2D eigenvalue weighted by Crippen LogP contribution is -2.43. The van der Waals surface area contributed by atoms with Crippen LogP contribution in [0.2, 0.25) is 0 Å². The summed E-state index contributed by atoms with van der Waals surface area (Å²) in [5.41, 5.74) is -2.67. The first-order chi connectivity index (χ1) is 15.3. The van der Waals surface area contributed by atoms with E-state index in [9.17, 15) is 39.9 Å². The summed E-state index contributed by atoms with van der Waals surface area (Å²) in [7, 11) is -4.33. The number of alkyl halides is 6. The van der Waals surface area contributed by atoms with Crippen molar-refractivity contribution in [1.82, 2.24) is 18.7 Å². The lowest BCUT2D eigenvalue weighted by molar-refractivity contribution is -0.138. The number of aromatic nitrogens is 3. The van der Waals surface area contributed by atoms with Gasteiger partial charge in [0.25, 0.3) is 0 Å². The van der Waals surface area contributed by atoms with Crippen molar-refractivity contribution in [2.24, 2.45) is 0 Å². The highest BCUT2D eigenvalue weighted by molar-refractivity contribution is 7.95. The maximum atomic E-state index is 13.0. The fourth-order valence-electron chi connectivity index (χ4n) is 3.37.